The zero-order valence-corrected chi connectivity index (χ0v) is 8.82. The molecule has 0 amide bonds. The van der Waals surface area contributed by atoms with Gasteiger partial charge in [-0.15, -0.1) is 6.58 Å². The van der Waals surface area contributed by atoms with E-state index in [1.54, 1.807) is 0 Å². The van der Waals surface area contributed by atoms with Crippen molar-refractivity contribution < 1.29 is 0 Å². The van der Waals surface area contributed by atoms with Gasteiger partial charge in [-0.1, -0.05) is 12.5 Å². The summed E-state index contributed by atoms with van der Waals surface area (Å²) in [6.45, 7) is 11.6. The SMILES string of the molecule is C=C(C)CCCC(C)NCCC. The fourth-order valence-electron chi connectivity index (χ4n) is 1.20. The summed E-state index contributed by atoms with van der Waals surface area (Å²) in [4.78, 5) is 0. The topological polar surface area (TPSA) is 12.0 Å². The Bertz CT molecular complexity index is 118. The number of hydrogen-bond donors (Lipinski definition) is 1. The van der Waals surface area contributed by atoms with Gasteiger partial charge in [0.15, 0.2) is 0 Å². The largest absolute Gasteiger partial charge is 0.314 e. The van der Waals surface area contributed by atoms with Gasteiger partial charge in [0.1, 0.15) is 0 Å². The van der Waals surface area contributed by atoms with Crippen LogP contribution in [-0.4, -0.2) is 12.6 Å². The van der Waals surface area contributed by atoms with Gasteiger partial charge in [0, 0.05) is 6.04 Å². The van der Waals surface area contributed by atoms with Crippen LogP contribution in [0.1, 0.15) is 46.5 Å². The number of hydrogen-bond acceptors (Lipinski definition) is 1. The third kappa shape index (κ3) is 7.80. The van der Waals surface area contributed by atoms with Crippen molar-refractivity contribution in [2.24, 2.45) is 0 Å². The zero-order valence-electron chi connectivity index (χ0n) is 8.82. The van der Waals surface area contributed by atoms with Gasteiger partial charge in [-0.25, -0.2) is 0 Å². The van der Waals surface area contributed by atoms with Crippen LogP contribution in [0.2, 0.25) is 0 Å². The number of rotatable bonds is 7. The summed E-state index contributed by atoms with van der Waals surface area (Å²) < 4.78 is 0. The first-order valence-electron chi connectivity index (χ1n) is 5.04. The molecule has 1 nitrogen and oxygen atoms in total. The molecule has 0 saturated heterocycles. The van der Waals surface area contributed by atoms with Crippen LogP contribution in [0.15, 0.2) is 12.2 Å². The molecule has 0 saturated carbocycles. The predicted molar refractivity (Wildman–Crippen MR) is 56.4 cm³/mol. The lowest BCUT2D eigenvalue weighted by molar-refractivity contribution is 0.498. The quantitative estimate of drug-likeness (QED) is 0.577. The molecule has 1 N–H and O–H groups in total. The van der Waals surface area contributed by atoms with Gasteiger partial charge in [-0.3, -0.25) is 0 Å². The number of nitrogens with one attached hydrogen (secondary N) is 1. The summed E-state index contributed by atoms with van der Waals surface area (Å²) in [5, 5.41) is 3.48. The molecule has 0 aromatic carbocycles. The third-order valence-corrected chi connectivity index (χ3v) is 1.98. The van der Waals surface area contributed by atoms with E-state index >= 15 is 0 Å². The van der Waals surface area contributed by atoms with E-state index in [4.69, 9.17) is 0 Å². The Kier molecular flexibility index (Phi) is 7.17. The van der Waals surface area contributed by atoms with Crippen LogP contribution in [-0.2, 0) is 0 Å². The summed E-state index contributed by atoms with van der Waals surface area (Å²) in [7, 11) is 0. The van der Waals surface area contributed by atoms with Crippen LogP contribution in [0, 0.1) is 0 Å². The fourth-order valence-corrected chi connectivity index (χ4v) is 1.20. The predicted octanol–water partition coefficient (Wildman–Crippen LogP) is 3.12. The molecule has 0 aromatic heterocycles. The van der Waals surface area contributed by atoms with Gasteiger partial charge < -0.3 is 5.32 Å². The average Bonchev–Trinajstić information content (AvgIpc) is 2.00. The first-order chi connectivity index (χ1) is 5.66. The van der Waals surface area contributed by atoms with Crippen LogP contribution in [0.3, 0.4) is 0 Å². The third-order valence-electron chi connectivity index (χ3n) is 1.98. The molecule has 0 aliphatic carbocycles. The maximum atomic E-state index is 3.89. The maximum Gasteiger partial charge on any atom is 0.00388 e. The Balaban J connectivity index is 3.19. The minimum absolute atomic E-state index is 0.671. The van der Waals surface area contributed by atoms with Crippen LogP contribution >= 0.6 is 0 Å². The van der Waals surface area contributed by atoms with E-state index in [0.717, 1.165) is 6.54 Å². The fraction of sp³-hybridized carbons (Fsp3) is 0.818. The van der Waals surface area contributed by atoms with E-state index in [1.807, 2.05) is 0 Å². The standard InChI is InChI=1S/C11H23N/c1-5-9-12-11(4)8-6-7-10(2)3/h11-12H,2,5-9H2,1,3-4H3. The van der Waals surface area contributed by atoms with Crippen molar-refractivity contribution in [1.29, 1.82) is 0 Å². The molecule has 0 rings (SSSR count). The summed E-state index contributed by atoms with van der Waals surface area (Å²) in [5.74, 6) is 0. The van der Waals surface area contributed by atoms with Crippen molar-refractivity contribution >= 4 is 0 Å². The van der Waals surface area contributed by atoms with Gasteiger partial charge in [0.2, 0.25) is 0 Å². The summed E-state index contributed by atoms with van der Waals surface area (Å²) >= 11 is 0. The Morgan fingerprint density at radius 2 is 2.17 bits per heavy atom. The second kappa shape index (κ2) is 7.35. The van der Waals surface area contributed by atoms with Crippen molar-refractivity contribution in [2.75, 3.05) is 6.54 Å². The lowest BCUT2D eigenvalue weighted by atomic mass is 10.1. The normalized spacial score (nSPS) is 12.9. The molecule has 0 fully saturated rings. The van der Waals surface area contributed by atoms with Gasteiger partial charge >= 0.3 is 0 Å². The van der Waals surface area contributed by atoms with Gasteiger partial charge in [0.05, 0.1) is 0 Å². The second-order valence-corrected chi connectivity index (χ2v) is 3.70. The van der Waals surface area contributed by atoms with Crippen LogP contribution in [0.25, 0.3) is 0 Å². The molecule has 0 aliphatic rings. The molecular formula is C11H23N. The van der Waals surface area contributed by atoms with E-state index < -0.39 is 0 Å². The van der Waals surface area contributed by atoms with E-state index in [9.17, 15) is 0 Å². The summed E-state index contributed by atoms with van der Waals surface area (Å²) in [5.41, 5.74) is 1.30. The molecule has 1 heteroatoms. The molecular weight excluding hydrogens is 146 g/mol. The molecule has 12 heavy (non-hydrogen) atoms. The van der Waals surface area contributed by atoms with Crippen molar-refractivity contribution in [2.45, 2.75) is 52.5 Å². The summed E-state index contributed by atoms with van der Waals surface area (Å²) in [6.07, 6.45) is 4.95. The molecule has 72 valence electrons. The Morgan fingerprint density at radius 3 is 2.67 bits per heavy atom. The highest BCUT2D eigenvalue weighted by Crippen LogP contribution is 2.05. The van der Waals surface area contributed by atoms with Crippen molar-refractivity contribution in [3.8, 4) is 0 Å². The van der Waals surface area contributed by atoms with Gasteiger partial charge in [0.25, 0.3) is 0 Å². The van der Waals surface area contributed by atoms with E-state index in [1.165, 1.54) is 31.3 Å². The van der Waals surface area contributed by atoms with E-state index in [-0.39, 0.29) is 0 Å². The lowest BCUT2D eigenvalue weighted by Gasteiger charge is -2.12. The Labute approximate surface area is 77.2 Å². The minimum Gasteiger partial charge on any atom is -0.314 e. The Morgan fingerprint density at radius 1 is 1.50 bits per heavy atom. The first-order valence-corrected chi connectivity index (χ1v) is 5.04. The molecule has 1 atom stereocenters. The molecule has 0 aliphatic heterocycles. The highest BCUT2D eigenvalue weighted by atomic mass is 14.9. The highest BCUT2D eigenvalue weighted by Gasteiger charge is 1.98. The van der Waals surface area contributed by atoms with Crippen LogP contribution in [0.5, 0.6) is 0 Å². The van der Waals surface area contributed by atoms with Crippen molar-refractivity contribution in [3.05, 3.63) is 12.2 Å². The zero-order chi connectivity index (χ0) is 9.40. The molecule has 0 aromatic rings. The highest BCUT2D eigenvalue weighted by molar-refractivity contribution is 4.87. The molecule has 0 bridgehead atoms. The van der Waals surface area contributed by atoms with Gasteiger partial charge in [-0.05, 0) is 46.1 Å². The molecule has 0 spiro atoms. The van der Waals surface area contributed by atoms with Crippen LogP contribution in [0.4, 0.5) is 0 Å². The van der Waals surface area contributed by atoms with Crippen molar-refractivity contribution in [3.63, 3.8) is 0 Å². The number of allylic oxidation sites excluding steroid dienone is 1. The first kappa shape index (κ1) is 11.7. The lowest BCUT2D eigenvalue weighted by Crippen LogP contribution is -2.26. The monoisotopic (exact) mass is 169 g/mol. The van der Waals surface area contributed by atoms with E-state index in [0.29, 0.717) is 6.04 Å². The van der Waals surface area contributed by atoms with E-state index in [2.05, 4.69) is 32.7 Å². The average molecular weight is 169 g/mol. The smallest absolute Gasteiger partial charge is 0.00388 e. The second-order valence-electron chi connectivity index (χ2n) is 3.70. The maximum absolute atomic E-state index is 3.89. The molecule has 1 unspecified atom stereocenters. The summed E-state index contributed by atoms with van der Waals surface area (Å²) in [6, 6.07) is 0.671. The Hall–Kier alpha value is -0.300. The van der Waals surface area contributed by atoms with Crippen molar-refractivity contribution in [1.82, 2.24) is 5.32 Å². The molecule has 0 heterocycles. The molecule has 0 radical (unpaired) electrons. The van der Waals surface area contributed by atoms with Crippen LogP contribution < -0.4 is 5.32 Å². The van der Waals surface area contributed by atoms with Gasteiger partial charge in [-0.2, -0.15) is 0 Å². The minimum atomic E-state index is 0.671.